The molecule has 18 heavy (non-hydrogen) atoms. The van der Waals surface area contributed by atoms with Gasteiger partial charge in [0.15, 0.2) is 0 Å². The molecule has 0 unspecified atom stereocenters. The molecule has 1 aromatic rings. The van der Waals surface area contributed by atoms with Crippen LogP contribution in [-0.2, 0) is 6.54 Å². The Hall–Kier alpha value is -0.682. The first-order valence-electron chi connectivity index (χ1n) is 4.94. The Morgan fingerprint density at radius 1 is 0.833 bits per heavy atom. The average molecular weight is 339 g/mol. The predicted molar refractivity (Wildman–Crippen MR) is 60.6 cm³/mol. The Morgan fingerprint density at radius 3 is 1.44 bits per heavy atom. The van der Waals surface area contributed by atoms with Gasteiger partial charge < -0.3 is 4.48 Å². The molecular weight excluding hydrogens is 323 g/mol. The van der Waals surface area contributed by atoms with Crippen molar-refractivity contribution in [3.05, 3.63) is 35.9 Å². The number of halogens is 6. The molecule has 0 aromatic heterocycles. The molecule has 0 aliphatic carbocycles. The van der Waals surface area contributed by atoms with Crippen LogP contribution in [0.4, 0.5) is 20.8 Å². The molecule has 8 heteroatoms. The maximum atomic E-state index is 9.91. The molecule has 0 saturated heterocycles. The van der Waals surface area contributed by atoms with E-state index in [4.69, 9.17) is 0 Å². The van der Waals surface area contributed by atoms with E-state index in [0.717, 1.165) is 11.0 Å². The van der Waals surface area contributed by atoms with Crippen LogP contribution in [0.5, 0.6) is 0 Å². The Balaban J connectivity index is 0.000000360. The Kier molecular flexibility index (Phi) is 4.29. The quantitative estimate of drug-likeness (QED) is 0.434. The van der Waals surface area contributed by atoms with Crippen molar-refractivity contribution in [1.29, 1.82) is 0 Å². The number of hydrogen-bond acceptors (Lipinski definition) is 0. The van der Waals surface area contributed by atoms with Crippen molar-refractivity contribution < 1.29 is 25.3 Å². The van der Waals surface area contributed by atoms with Crippen LogP contribution < -0.4 is 0 Å². The fourth-order valence-corrected chi connectivity index (χ4v) is 1.13. The fourth-order valence-electron chi connectivity index (χ4n) is 1.13. The van der Waals surface area contributed by atoms with Crippen LogP contribution in [0.15, 0.2) is 30.3 Å². The first-order chi connectivity index (χ1) is 7.53. The van der Waals surface area contributed by atoms with Crippen LogP contribution >= 0.6 is 0 Å². The molecular formula is C10H16AsF6N. The van der Waals surface area contributed by atoms with Crippen LogP contribution in [0.1, 0.15) is 5.56 Å². The molecule has 0 spiro atoms. The van der Waals surface area contributed by atoms with E-state index in [1.54, 1.807) is 0 Å². The van der Waals surface area contributed by atoms with E-state index < -0.39 is 14.2 Å². The van der Waals surface area contributed by atoms with Crippen molar-refractivity contribution in [3.63, 3.8) is 0 Å². The molecule has 1 aromatic carbocycles. The molecule has 0 aliphatic heterocycles. The van der Waals surface area contributed by atoms with E-state index in [-0.39, 0.29) is 0 Å². The molecule has 0 fully saturated rings. The van der Waals surface area contributed by atoms with Crippen LogP contribution in [-0.4, -0.2) is 39.8 Å². The van der Waals surface area contributed by atoms with E-state index in [0.29, 0.717) is 0 Å². The van der Waals surface area contributed by atoms with Crippen molar-refractivity contribution in [2.24, 2.45) is 0 Å². The molecule has 0 atom stereocenters. The average Bonchev–Trinajstić information content (AvgIpc) is 1.96. The van der Waals surface area contributed by atoms with Crippen molar-refractivity contribution in [2.45, 2.75) is 6.54 Å². The van der Waals surface area contributed by atoms with Crippen LogP contribution in [0.25, 0.3) is 0 Å². The summed E-state index contributed by atoms with van der Waals surface area (Å²) in [6.07, 6.45) is 0. The van der Waals surface area contributed by atoms with Crippen molar-refractivity contribution >= 4 is 14.2 Å². The zero-order valence-electron chi connectivity index (χ0n) is 10.3. The normalized spacial score (nSPS) is 16.1. The summed E-state index contributed by atoms with van der Waals surface area (Å²) in [5.41, 5.74) is 1.40. The van der Waals surface area contributed by atoms with Gasteiger partial charge in [0.1, 0.15) is 6.54 Å². The van der Waals surface area contributed by atoms with Gasteiger partial charge in [0.25, 0.3) is 0 Å². The minimum atomic E-state index is -11.1. The Morgan fingerprint density at radius 2 is 1.17 bits per heavy atom. The SMILES string of the molecule is C[N+](C)(C)Cc1ccccc1.F[As-](F)(F)(F)(F)F. The molecule has 0 amide bonds. The summed E-state index contributed by atoms with van der Waals surface area (Å²) in [5.74, 6) is 0. The molecule has 0 radical (unpaired) electrons. The molecule has 0 saturated carbocycles. The standard InChI is InChI=1S/C10H16N.AsF6/c1-11(2,3)9-10-7-5-4-6-8-10;2-1(3,4,5,6)7/h4-8H,9H2,1-3H3;/q+1;-1. The number of benzene rings is 1. The third-order valence-corrected chi connectivity index (χ3v) is 1.50. The number of quaternary nitrogens is 1. The first-order valence-corrected chi connectivity index (χ1v) is 9.19. The van der Waals surface area contributed by atoms with Crippen LogP contribution in [0.2, 0.25) is 0 Å². The third-order valence-electron chi connectivity index (χ3n) is 1.50. The predicted octanol–water partition coefficient (Wildman–Crippen LogP) is 4.03. The molecule has 0 aliphatic rings. The van der Waals surface area contributed by atoms with Crippen LogP contribution in [0.3, 0.4) is 0 Å². The van der Waals surface area contributed by atoms with E-state index in [9.17, 15) is 20.8 Å². The van der Waals surface area contributed by atoms with Gasteiger partial charge >= 0.3 is 35.0 Å². The van der Waals surface area contributed by atoms with Gasteiger partial charge in [0.05, 0.1) is 21.1 Å². The van der Waals surface area contributed by atoms with E-state index >= 15 is 0 Å². The Bertz CT molecular complexity index is 366. The Labute approximate surface area is 103 Å². The number of hydrogen-bond donors (Lipinski definition) is 0. The number of nitrogens with zero attached hydrogens (tertiary/aromatic N) is 1. The van der Waals surface area contributed by atoms with Gasteiger partial charge in [0.2, 0.25) is 0 Å². The summed E-state index contributed by atoms with van der Waals surface area (Å²) in [7, 11) is 6.60. The zero-order valence-corrected chi connectivity index (χ0v) is 12.1. The summed E-state index contributed by atoms with van der Waals surface area (Å²) in [6.45, 7) is 1.10. The maximum absolute atomic E-state index is 11.1. The van der Waals surface area contributed by atoms with Crippen molar-refractivity contribution in [2.75, 3.05) is 21.1 Å². The summed E-state index contributed by atoms with van der Waals surface area (Å²) in [6, 6.07) is 10.6. The second kappa shape index (κ2) is 4.45. The molecule has 0 heterocycles. The molecule has 0 bridgehead atoms. The summed E-state index contributed by atoms with van der Waals surface area (Å²) in [4.78, 5) is 0. The monoisotopic (exact) mass is 339 g/mol. The van der Waals surface area contributed by atoms with Crippen molar-refractivity contribution in [3.8, 4) is 0 Å². The van der Waals surface area contributed by atoms with Gasteiger partial charge in [-0.3, -0.25) is 0 Å². The topological polar surface area (TPSA) is 0 Å². The molecule has 0 N–H and O–H groups in total. The number of rotatable bonds is 2. The van der Waals surface area contributed by atoms with Gasteiger partial charge in [-0.2, -0.15) is 0 Å². The second-order valence-corrected chi connectivity index (χ2v) is 8.91. The summed E-state index contributed by atoms with van der Waals surface area (Å²) < 4.78 is 60.4. The first kappa shape index (κ1) is 17.3. The van der Waals surface area contributed by atoms with Gasteiger partial charge in [-0.15, -0.1) is 0 Å². The summed E-state index contributed by atoms with van der Waals surface area (Å²) >= 11 is -11.1. The fraction of sp³-hybridized carbons (Fsp3) is 0.400. The third kappa shape index (κ3) is 20.7. The van der Waals surface area contributed by atoms with Gasteiger partial charge in [0, 0.05) is 5.56 Å². The van der Waals surface area contributed by atoms with Gasteiger partial charge in [-0.1, -0.05) is 30.3 Å². The molecule has 108 valence electrons. The van der Waals surface area contributed by atoms with Crippen LogP contribution in [0, 0.1) is 0 Å². The van der Waals surface area contributed by atoms with E-state index in [1.807, 2.05) is 0 Å². The second-order valence-electron chi connectivity index (χ2n) is 4.89. The van der Waals surface area contributed by atoms with Crippen molar-refractivity contribution in [1.82, 2.24) is 0 Å². The van der Waals surface area contributed by atoms with Gasteiger partial charge in [-0.25, -0.2) is 0 Å². The van der Waals surface area contributed by atoms with E-state index in [2.05, 4.69) is 51.5 Å². The van der Waals surface area contributed by atoms with Gasteiger partial charge in [-0.05, 0) is 0 Å². The minimum absolute atomic E-state index is 0.990. The van der Waals surface area contributed by atoms with E-state index in [1.165, 1.54) is 5.56 Å². The zero-order chi connectivity index (χ0) is 14.7. The molecule has 1 rings (SSSR count). The summed E-state index contributed by atoms with van der Waals surface area (Å²) in [5, 5.41) is 0. The molecule has 1 nitrogen and oxygen atoms in total.